The monoisotopic (exact) mass is 423 g/mol. The molecule has 6 nitrogen and oxygen atoms in total. The quantitative estimate of drug-likeness (QED) is 0.639. The molecule has 1 N–H and O–H groups in total. The van der Waals surface area contributed by atoms with Crippen LogP contribution >= 0.6 is 0 Å². The number of hydrogen-bond donors (Lipinski definition) is 1. The summed E-state index contributed by atoms with van der Waals surface area (Å²) in [6.07, 6.45) is 2.77. The molecule has 1 radical (unpaired) electrons. The van der Waals surface area contributed by atoms with Crippen molar-refractivity contribution in [2.45, 2.75) is 13.3 Å². The number of nitrogens with zero attached hydrogens (tertiary/aromatic N) is 3. The number of aryl methyl sites for hydroxylation is 1. The molecule has 99 valence electrons. The number of rotatable bonds is 1. The van der Waals surface area contributed by atoms with Gasteiger partial charge in [0.1, 0.15) is 5.82 Å². The second-order valence-corrected chi connectivity index (χ2v) is 4.05. The van der Waals surface area contributed by atoms with Gasteiger partial charge in [0.15, 0.2) is 5.56 Å². The van der Waals surface area contributed by atoms with Crippen LogP contribution in [0.1, 0.15) is 22.6 Å². The average Bonchev–Trinajstić information content (AvgIpc) is 2.79. The largest absolute Gasteiger partial charge is 0.493 e. The van der Waals surface area contributed by atoms with E-state index < -0.39 is 17.3 Å². The summed E-state index contributed by atoms with van der Waals surface area (Å²) >= 11 is 0. The molecule has 1 aromatic rings. The third kappa shape index (κ3) is 2.47. The summed E-state index contributed by atoms with van der Waals surface area (Å²) < 4.78 is 1.26. The number of carbonyl (C=O) groups excluding carboxylic acids is 1. The molecular formula is C11H14N3O3Re-. The molecule has 0 saturated carbocycles. The van der Waals surface area contributed by atoms with Gasteiger partial charge in [-0.25, -0.2) is 0 Å². The first-order valence-corrected chi connectivity index (χ1v) is 5.40. The molecule has 0 aliphatic carbocycles. The van der Waals surface area contributed by atoms with Crippen molar-refractivity contribution in [3.05, 3.63) is 28.2 Å². The number of amides is 1. The molecule has 18 heavy (non-hydrogen) atoms. The van der Waals surface area contributed by atoms with Crippen molar-refractivity contribution in [1.29, 1.82) is 0 Å². The van der Waals surface area contributed by atoms with Crippen molar-refractivity contribution in [2.75, 3.05) is 13.1 Å². The Morgan fingerprint density at radius 3 is 2.72 bits per heavy atom. The van der Waals surface area contributed by atoms with Crippen LogP contribution < -0.4 is 5.56 Å². The van der Waals surface area contributed by atoms with Crippen molar-refractivity contribution in [3.8, 4) is 5.88 Å². The van der Waals surface area contributed by atoms with Gasteiger partial charge in [0.2, 0.25) is 5.88 Å². The predicted molar refractivity (Wildman–Crippen MR) is 60.7 cm³/mol. The molecule has 2 rings (SSSR count). The van der Waals surface area contributed by atoms with Crippen LogP contribution in [0.5, 0.6) is 5.88 Å². The zero-order chi connectivity index (χ0) is 12.6. The van der Waals surface area contributed by atoms with E-state index in [1.54, 1.807) is 6.92 Å². The van der Waals surface area contributed by atoms with E-state index in [1.165, 1.54) is 16.5 Å². The summed E-state index contributed by atoms with van der Waals surface area (Å²) in [4.78, 5) is 29.3. The van der Waals surface area contributed by atoms with Crippen molar-refractivity contribution in [1.82, 2.24) is 14.5 Å². The predicted octanol–water partition coefficient (Wildman–Crippen LogP) is -0.158. The van der Waals surface area contributed by atoms with E-state index in [0.29, 0.717) is 18.9 Å². The first kappa shape index (κ1) is 14.9. The maximum absolute atomic E-state index is 12.0. The fourth-order valence-electron chi connectivity index (χ4n) is 1.81. The van der Waals surface area contributed by atoms with Crippen LogP contribution in [0.2, 0.25) is 0 Å². The molecule has 0 spiro atoms. The Kier molecular flexibility index (Phi) is 4.66. The van der Waals surface area contributed by atoms with Gasteiger partial charge >= 0.3 is 0 Å². The van der Waals surface area contributed by atoms with Gasteiger partial charge in [0.25, 0.3) is 11.5 Å². The Balaban J connectivity index is 0.00000162. The van der Waals surface area contributed by atoms with Crippen molar-refractivity contribution in [2.24, 2.45) is 7.05 Å². The molecule has 1 saturated heterocycles. The minimum atomic E-state index is -0.508. The standard InChI is InChI=1S/C11H14N3O3.Re/c1-7-12-9(15)8(10(16)13(7)2)11(17)14-5-3-4-6-14;/h3,15H,4-6H2,1-2H3;/q-1;. The van der Waals surface area contributed by atoms with Crippen LogP contribution in [-0.2, 0) is 27.5 Å². The summed E-state index contributed by atoms with van der Waals surface area (Å²) in [6, 6.07) is 0. The van der Waals surface area contributed by atoms with Crippen LogP contribution in [0.15, 0.2) is 4.79 Å². The molecule has 0 bridgehead atoms. The minimum Gasteiger partial charge on any atom is -0.493 e. The van der Waals surface area contributed by atoms with Gasteiger partial charge in [-0.1, -0.05) is 0 Å². The number of hydrogen-bond acceptors (Lipinski definition) is 4. The van der Waals surface area contributed by atoms with Gasteiger partial charge in [0.05, 0.1) is 0 Å². The Labute approximate surface area is 118 Å². The van der Waals surface area contributed by atoms with Gasteiger partial charge in [-0.05, 0) is 13.5 Å². The SMILES string of the molecule is Cc1nc(O)c(C(=O)N2C[CH-]CC2)c(=O)n1C.[Re]. The van der Waals surface area contributed by atoms with E-state index in [9.17, 15) is 14.7 Å². The summed E-state index contributed by atoms with van der Waals surface area (Å²) in [5.41, 5.74) is -0.750. The fraction of sp³-hybridized carbons (Fsp3) is 0.455. The molecular weight excluding hydrogens is 408 g/mol. The molecule has 1 fully saturated rings. The van der Waals surface area contributed by atoms with E-state index in [1.807, 2.05) is 6.42 Å². The molecule has 0 aromatic carbocycles. The molecule has 1 aliphatic heterocycles. The first-order valence-electron chi connectivity index (χ1n) is 5.40. The van der Waals surface area contributed by atoms with Crippen LogP contribution in [-0.4, -0.2) is 38.6 Å². The van der Waals surface area contributed by atoms with Gasteiger partial charge in [0, 0.05) is 27.5 Å². The molecule has 2 heterocycles. The number of aromatic hydroxyl groups is 1. The number of carbonyl (C=O) groups is 1. The normalized spacial score (nSPS) is 14.4. The van der Waals surface area contributed by atoms with Gasteiger partial charge < -0.3 is 16.4 Å². The summed E-state index contributed by atoms with van der Waals surface area (Å²) in [6.45, 7) is 2.68. The van der Waals surface area contributed by atoms with Gasteiger partial charge in [-0.3, -0.25) is 14.2 Å². The zero-order valence-electron chi connectivity index (χ0n) is 10.2. The third-order valence-electron chi connectivity index (χ3n) is 2.95. The first-order chi connectivity index (χ1) is 8.02. The van der Waals surface area contributed by atoms with E-state index in [2.05, 4.69) is 4.98 Å². The molecule has 1 aliphatic rings. The maximum atomic E-state index is 12.0. The number of likely N-dealkylation sites (tertiary alicyclic amines) is 1. The topological polar surface area (TPSA) is 75.4 Å². The molecule has 7 heteroatoms. The fourth-order valence-corrected chi connectivity index (χ4v) is 1.81. The molecule has 1 amide bonds. The van der Waals surface area contributed by atoms with Crippen molar-refractivity contribution < 1.29 is 30.3 Å². The van der Waals surface area contributed by atoms with E-state index in [4.69, 9.17) is 0 Å². The second kappa shape index (κ2) is 5.64. The van der Waals surface area contributed by atoms with Crippen molar-refractivity contribution in [3.63, 3.8) is 0 Å². The third-order valence-corrected chi connectivity index (χ3v) is 2.95. The Morgan fingerprint density at radius 1 is 1.50 bits per heavy atom. The van der Waals surface area contributed by atoms with E-state index >= 15 is 0 Å². The van der Waals surface area contributed by atoms with Crippen LogP contribution in [0.4, 0.5) is 0 Å². The Hall–Kier alpha value is -1.19. The van der Waals surface area contributed by atoms with Crippen molar-refractivity contribution >= 4 is 5.91 Å². The summed E-state index contributed by atoms with van der Waals surface area (Å²) in [7, 11) is 1.52. The second-order valence-electron chi connectivity index (χ2n) is 4.05. The Morgan fingerprint density at radius 2 is 2.17 bits per heavy atom. The average molecular weight is 422 g/mol. The minimum absolute atomic E-state index is 0. The number of aromatic nitrogens is 2. The summed E-state index contributed by atoms with van der Waals surface area (Å²) in [5, 5.41) is 9.65. The maximum Gasteiger partial charge on any atom is 0.270 e. The van der Waals surface area contributed by atoms with E-state index in [-0.39, 0.29) is 26.0 Å². The molecule has 0 atom stereocenters. The van der Waals surface area contributed by atoms with Crippen LogP contribution in [0, 0.1) is 13.3 Å². The van der Waals surface area contributed by atoms with E-state index in [0.717, 1.165) is 6.42 Å². The van der Waals surface area contributed by atoms with Gasteiger partial charge in [-0.2, -0.15) is 11.4 Å². The van der Waals surface area contributed by atoms with Crippen LogP contribution in [0.3, 0.4) is 0 Å². The molecule has 0 unspecified atom stereocenters. The Bertz CT molecular complexity index is 521. The van der Waals surface area contributed by atoms with Crippen LogP contribution in [0.25, 0.3) is 0 Å². The molecule has 1 aromatic heterocycles. The zero-order valence-corrected chi connectivity index (χ0v) is 12.9. The summed E-state index contributed by atoms with van der Waals surface area (Å²) in [5.74, 6) is -0.566. The smallest absolute Gasteiger partial charge is 0.270 e. The van der Waals surface area contributed by atoms with Gasteiger partial charge in [-0.15, -0.1) is 6.54 Å².